The molecule has 0 aliphatic rings. The normalized spacial score (nSPS) is 12.1. The summed E-state index contributed by atoms with van der Waals surface area (Å²) < 4.78 is 6.27. The van der Waals surface area contributed by atoms with Gasteiger partial charge in [0.05, 0.1) is 17.6 Å². The Balaban J connectivity index is 2.10. The van der Waals surface area contributed by atoms with Crippen LogP contribution in [0.2, 0.25) is 0 Å². The lowest BCUT2D eigenvalue weighted by Crippen LogP contribution is -2.17. The molecule has 0 saturated heterocycles. The smallest absolute Gasteiger partial charge is 0.420 e. The number of ketones is 1. The Morgan fingerprint density at radius 3 is 2.52 bits per heavy atom. The minimum atomic E-state index is -0.954. The average Bonchev–Trinajstić information content (AvgIpc) is 3.01. The maximum atomic E-state index is 12.6. The van der Waals surface area contributed by atoms with Gasteiger partial charge < -0.3 is 9.84 Å². The fourth-order valence-corrected chi connectivity index (χ4v) is 2.66. The van der Waals surface area contributed by atoms with Crippen LogP contribution in [0.1, 0.15) is 41.7 Å². The van der Waals surface area contributed by atoms with Gasteiger partial charge >= 0.3 is 6.09 Å². The van der Waals surface area contributed by atoms with Crippen LogP contribution in [0.5, 0.6) is 0 Å². The number of aliphatic hydroxyl groups is 1. The standard InChI is InChI=1S/C19H18N2O4/c1-3-25-19(24)21-16-10-9-14(11-15(16)20-18(21)12(2)22)17(23)13-7-5-4-6-8-13/h4-12,22H,3H2,1-2H3. The molecule has 3 rings (SSSR count). The summed E-state index contributed by atoms with van der Waals surface area (Å²) in [6.45, 7) is 3.44. The first-order valence-electron chi connectivity index (χ1n) is 8.00. The number of imidazole rings is 1. The third-order valence-electron chi connectivity index (χ3n) is 3.80. The van der Waals surface area contributed by atoms with Gasteiger partial charge in [-0.3, -0.25) is 4.79 Å². The van der Waals surface area contributed by atoms with Crippen molar-refractivity contribution in [2.45, 2.75) is 20.0 Å². The maximum absolute atomic E-state index is 12.6. The van der Waals surface area contributed by atoms with Gasteiger partial charge in [0.25, 0.3) is 0 Å². The van der Waals surface area contributed by atoms with E-state index in [0.717, 1.165) is 0 Å². The molecule has 6 nitrogen and oxygen atoms in total. The molecule has 0 spiro atoms. The first-order valence-corrected chi connectivity index (χ1v) is 8.00. The predicted molar refractivity (Wildman–Crippen MR) is 92.7 cm³/mol. The number of carbonyl (C=O) groups excluding carboxylic acids is 2. The van der Waals surface area contributed by atoms with Gasteiger partial charge in [0.15, 0.2) is 5.78 Å². The molecule has 0 radical (unpaired) electrons. The summed E-state index contributed by atoms with van der Waals surface area (Å²) >= 11 is 0. The van der Waals surface area contributed by atoms with Gasteiger partial charge in [0, 0.05) is 11.1 Å². The Labute approximate surface area is 144 Å². The quantitative estimate of drug-likeness (QED) is 0.738. The van der Waals surface area contributed by atoms with Crippen LogP contribution in [-0.2, 0) is 4.74 Å². The predicted octanol–water partition coefficient (Wildman–Crippen LogP) is 3.33. The van der Waals surface area contributed by atoms with Crippen LogP contribution in [0.15, 0.2) is 48.5 Å². The van der Waals surface area contributed by atoms with E-state index in [1.165, 1.54) is 11.5 Å². The number of benzene rings is 2. The minimum Gasteiger partial charge on any atom is -0.449 e. The van der Waals surface area contributed by atoms with E-state index in [9.17, 15) is 14.7 Å². The highest BCUT2D eigenvalue weighted by atomic mass is 16.5. The molecular weight excluding hydrogens is 320 g/mol. The number of rotatable bonds is 4. The number of ether oxygens (including phenoxy) is 1. The Morgan fingerprint density at radius 2 is 1.88 bits per heavy atom. The van der Waals surface area contributed by atoms with Gasteiger partial charge in [0.1, 0.15) is 11.9 Å². The Hall–Kier alpha value is -2.99. The molecule has 1 heterocycles. The van der Waals surface area contributed by atoms with Crippen molar-refractivity contribution in [2.75, 3.05) is 6.61 Å². The second kappa shape index (κ2) is 6.86. The number of hydrogen-bond donors (Lipinski definition) is 1. The Kier molecular flexibility index (Phi) is 4.63. The summed E-state index contributed by atoms with van der Waals surface area (Å²) in [5.41, 5.74) is 1.97. The van der Waals surface area contributed by atoms with Crippen LogP contribution < -0.4 is 0 Å². The zero-order valence-corrected chi connectivity index (χ0v) is 14.0. The maximum Gasteiger partial charge on any atom is 0.420 e. The molecule has 3 aromatic rings. The van der Waals surface area contributed by atoms with E-state index in [0.29, 0.717) is 22.2 Å². The average molecular weight is 338 g/mol. The van der Waals surface area contributed by atoms with Gasteiger partial charge in [-0.2, -0.15) is 0 Å². The van der Waals surface area contributed by atoms with Crippen molar-refractivity contribution in [2.24, 2.45) is 0 Å². The van der Waals surface area contributed by atoms with Crippen molar-refractivity contribution in [1.29, 1.82) is 0 Å². The van der Waals surface area contributed by atoms with E-state index < -0.39 is 12.2 Å². The summed E-state index contributed by atoms with van der Waals surface area (Å²) in [5, 5.41) is 9.92. The van der Waals surface area contributed by atoms with E-state index in [4.69, 9.17) is 4.74 Å². The molecule has 0 aliphatic carbocycles. The highest BCUT2D eigenvalue weighted by molar-refractivity contribution is 6.10. The number of nitrogens with zero attached hydrogens (tertiary/aromatic N) is 2. The van der Waals surface area contributed by atoms with E-state index in [1.54, 1.807) is 49.4 Å². The molecule has 0 saturated carbocycles. The van der Waals surface area contributed by atoms with Crippen LogP contribution in [0.25, 0.3) is 11.0 Å². The van der Waals surface area contributed by atoms with Gasteiger partial charge in [-0.25, -0.2) is 14.3 Å². The molecule has 0 amide bonds. The number of aliphatic hydroxyl groups excluding tert-OH is 1. The van der Waals surface area contributed by atoms with E-state index in [2.05, 4.69) is 4.98 Å². The summed E-state index contributed by atoms with van der Waals surface area (Å²) in [5.74, 6) is 0.0459. The van der Waals surface area contributed by atoms with Crippen LogP contribution in [-0.4, -0.2) is 33.1 Å². The van der Waals surface area contributed by atoms with Gasteiger partial charge in [-0.15, -0.1) is 0 Å². The molecule has 6 heteroatoms. The fraction of sp³-hybridized carbons (Fsp3) is 0.211. The van der Waals surface area contributed by atoms with Crippen molar-refractivity contribution in [3.05, 3.63) is 65.5 Å². The molecule has 25 heavy (non-hydrogen) atoms. The van der Waals surface area contributed by atoms with Crippen molar-refractivity contribution in [1.82, 2.24) is 9.55 Å². The summed E-state index contributed by atoms with van der Waals surface area (Å²) in [7, 11) is 0. The van der Waals surface area contributed by atoms with E-state index >= 15 is 0 Å². The SMILES string of the molecule is CCOC(=O)n1c(C(C)O)nc2cc(C(=O)c3ccccc3)ccc21. The van der Waals surface area contributed by atoms with Crippen molar-refractivity contribution < 1.29 is 19.4 Å². The third-order valence-corrected chi connectivity index (χ3v) is 3.80. The van der Waals surface area contributed by atoms with E-state index in [-0.39, 0.29) is 18.2 Å². The molecule has 128 valence electrons. The summed E-state index contributed by atoms with van der Waals surface area (Å²) in [6, 6.07) is 13.8. The highest BCUT2D eigenvalue weighted by Gasteiger charge is 2.22. The Bertz CT molecular complexity index is 929. The number of carbonyl (C=O) groups is 2. The van der Waals surface area contributed by atoms with Crippen molar-refractivity contribution in [3.63, 3.8) is 0 Å². The second-order valence-corrected chi connectivity index (χ2v) is 5.58. The molecule has 0 fully saturated rings. The Morgan fingerprint density at radius 1 is 1.16 bits per heavy atom. The third kappa shape index (κ3) is 3.16. The summed E-state index contributed by atoms with van der Waals surface area (Å²) in [4.78, 5) is 29.1. The highest BCUT2D eigenvalue weighted by Crippen LogP contribution is 2.23. The number of fused-ring (bicyclic) bond motifs is 1. The first kappa shape index (κ1) is 16.9. The molecule has 1 atom stereocenters. The van der Waals surface area contributed by atoms with E-state index in [1.807, 2.05) is 6.07 Å². The molecule has 1 N–H and O–H groups in total. The summed E-state index contributed by atoms with van der Waals surface area (Å²) in [6.07, 6.45) is -1.56. The minimum absolute atomic E-state index is 0.133. The van der Waals surface area contributed by atoms with Crippen LogP contribution in [0.4, 0.5) is 4.79 Å². The van der Waals surface area contributed by atoms with Crippen molar-refractivity contribution >= 4 is 22.9 Å². The topological polar surface area (TPSA) is 81.4 Å². The largest absolute Gasteiger partial charge is 0.449 e. The van der Waals surface area contributed by atoms with Gasteiger partial charge in [0.2, 0.25) is 0 Å². The molecular formula is C19H18N2O4. The van der Waals surface area contributed by atoms with Gasteiger partial charge in [-0.05, 0) is 32.0 Å². The molecule has 0 aliphatic heterocycles. The fourth-order valence-electron chi connectivity index (χ4n) is 2.66. The van der Waals surface area contributed by atoms with Crippen LogP contribution in [0, 0.1) is 0 Å². The van der Waals surface area contributed by atoms with Crippen LogP contribution in [0.3, 0.4) is 0 Å². The lowest BCUT2D eigenvalue weighted by atomic mass is 10.0. The molecule has 1 aromatic heterocycles. The molecule has 0 bridgehead atoms. The lowest BCUT2D eigenvalue weighted by molar-refractivity contribution is 0.103. The monoisotopic (exact) mass is 338 g/mol. The number of hydrogen-bond acceptors (Lipinski definition) is 5. The number of aromatic nitrogens is 2. The zero-order chi connectivity index (χ0) is 18.0. The molecule has 1 unspecified atom stereocenters. The van der Waals surface area contributed by atoms with Crippen molar-refractivity contribution in [3.8, 4) is 0 Å². The zero-order valence-electron chi connectivity index (χ0n) is 14.0. The molecule has 2 aromatic carbocycles. The van der Waals surface area contributed by atoms with Crippen LogP contribution >= 0.6 is 0 Å². The van der Waals surface area contributed by atoms with Gasteiger partial charge in [-0.1, -0.05) is 30.3 Å². The second-order valence-electron chi connectivity index (χ2n) is 5.58. The first-order chi connectivity index (χ1) is 12.0. The lowest BCUT2D eigenvalue weighted by Gasteiger charge is -2.09.